The minimum Gasteiger partial charge on any atom is -0.463 e. The van der Waals surface area contributed by atoms with E-state index in [2.05, 4.69) is 17.0 Å². The van der Waals surface area contributed by atoms with Crippen LogP contribution in [0.2, 0.25) is 0 Å². The highest BCUT2D eigenvalue weighted by atomic mass is 16.5. The van der Waals surface area contributed by atoms with Crippen LogP contribution >= 0.6 is 0 Å². The van der Waals surface area contributed by atoms with Gasteiger partial charge in [-0.1, -0.05) is 30.3 Å². The molecule has 0 radical (unpaired) electrons. The first kappa shape index (κ1) is 13.2. The van der Waals surface area contributed by atoms with Gasteiger partial charge >= 0.3 is 5.97 Å². The molecule has 2 unspecified atom stereocenters. The lowest BCUT2D eigenvalue weighted by Crippen LogP contribution is -2.34. The molecule has 4 nitrogen and oxygen atoms in total. The van der Waals surface area contributed by atoms with Gasteiger partial charge in [-0.05, 0) is 12.5 Å². The minimum atomic E-state index is -0.216. The second-order valence-electron chi connectivity index (χ2n) is 5.07. The van der Waals surface area contributed by atoms with Crippen LogP contribution in [0.5, 0.6) is 0 Å². The van der Waals surface area contributed by atoms with Gasteiger partial charge in [0.25, 0.3) is 0 Å². The van der Waals surface area contributed by atoms with Crippen LogP contribution in [0.1, 0.15) is 24.8 Å². The van der Waals surface area contributed by atoms with Gasteiger partial charge in [0, 0.05) is 25.1 Å². The molecule has 20 heavy (non-hydrogen) atoms. The van der Waals surface area contributed by atoms with Crippen LogP contribution in [0.25, 0.3) is 0 Å². The average molecular weight is 273 g/mol. The van der Waals surface area contributed by atoms with E-state index in [1.54, 1.807) is 0 Å². The number of hydrogen-bond donors (Lipinski definition) is 0. The Morgan fingerprint density at radius 2 is 2.20 bits per heavy atom. The summed E-state index contributed by atoms with van der Waals surface area (Å²) in [6.45, 7) is 3.80. The van der Waals surface area contributed by atoms with E-state index in [1.165, 1.54) is 0 Å². The Kier molecular flexibility index (Phi) is 3.74. The quantitative estimate of drug-likeness (QED) is 0.792. The van der Waals surface area contributed by atoms with Gasteiger partial charge in [0.2, 0.25) is 0 Å². The maximum Gasteiger partial charge on any atom is 0.336 e. The Labute approximate surface area is 119 Å². The molecule has 2 aliphatic rings. The zero-order valence-electron chi connectivity index (χ0n) is 11.6. The largest absolute Gasteiger partial charge is 0.463 e. The zero-order chi connectivity index (χ0) is 13.9. The van der Waals surface area contributed by atoms with Gasteiger partial charge in [-0.15, -0.1) is 0 Å². The van der Waals surface area contributed by atoms with Crippen molar-refractivity contribution in [1.29, 1.82) is 0 Å². The van der Waals surface area contributed by atoms with E-state index < -0.39 is 0 Å². The number of fused-ring (bicyclic) bond motifs is 1. The number of rotatable bonds is 3. The number of ether oxygens (including phenoxy) is 2. The van der Waals surface area contributed by atoms with Gasteiger partial charge in [-0.25, -0.2) is 4.79 Å². The van der Waals surface area contributed by atoms with E-state index >= 15 is 0 Å². The summed E-state index contributed by atoms with van der Waals surface area (Å²) in [5.41, 5.74) is 1.88. The summed E-state index contributed by atoms with van der Waals surface area (Å²) in [5, 5.41) is 0. The number of carbonyl (C=O) groups is 1. The summed E-state index contributed by atoms with van der Waals surface area (Å²) in [6, 6.07) is 10.1. The SMILES string of the molecule is CCOC(=O)C1=CN2CCOC2CC1c1ccccc1. The van der Waals surface area contributed by atoms with Crippen LogP contribution in [0.4, 0.5) is 0 Å². The Hall–Kier alpha value is -1.81. The third-order valence-electron chi connectivity index (χ3n) is 3.86. The van der Waals surface area contributed by atoms with Crippen molar-refractivity contribution in [3.8, 4) is 0 Å². The summed E-state index contributed by atoms with van der Waals surface area (Å²) in [4.78, 5) is 14.3. The molecule has 3 rings (SSSR count). The molecule has 0 aliphatic carbocycles. The van der Waals surface area contributed by atoms with E-state index in [0.29, 0.717) is 6.61 Å². The normalized spacial score (nSPS) is 25.1. The lowest BCUT2D eigenvalue weighted by atomic mass is 9.85. The molecule has 1 fully saturated rings. The van der Waals surface area contributed by atoms with Crippen LogP contribution in [-0.4, -0.2) is 36.9 Å². The number of nitrogens with zero attached hydrogens (tertiary/aromatic N) is 1. The van der Waals surface area contributed by atoms with Crippen molar-refractivity contribution < 1.29 is 14.3 Å². The van der Waals surface area contributed by atoms with Crippen molar-refractivity contribution in [3.63, 3.8) is 0 Å². The highest BCUT2D eigenvalue weighted by molar-refractivity contribution is 5.90. The molecule has 0 aromatic heterocycles. The van der Waals surface area contributed by atoms with Gasteiger partial charge in [-0.2, -0.15) is 0 Å². The van der Waals surface area contributed by atoms with E-state index in [9.17, 15) is 4.79 Å². The maximum atomic E-state index is 12.2. The van der Waals surface area contributed by atoms with Crippen LogP contribution in [0.3, 0.4) is 0 Å². The molecule has 0 amide bonds. The van der Waals surface area contributed by atoms with Gasteiger partial charge in [0.05, 0.1) is 18.8 Å². The highest BCUT2D eigenvalue weighted by Crippen LogP contribution is 2.37. The summed E-state index contributed by atoms with van der Waals surface area (Å²) < 4.78 is 10.9. The summed E-state index contributed by atoms with van der Waals surface area (Å²) in [7, 11) is 0. The summed E-state index contributed by atoms with van der Waals surface area (Å²) >= 11 is 0. The molecular formula is C16H19NO3. The van der Waals surface area contributed by atoms with Crippen molar-refractivity contribution in [2.75, 3.05) is 19.8 Å². The Balaban J connectivity index is 1.93. The second kappa shape index (κ2) is 5.67. The Morgan fingerprint density at radius 3 is 2.95 bits per heavy atom. The van der Waals surface area contributed by atoms with Gasteiger partial charge in [0.15, 0.2) is 0 Å². The Bertz CT molecular complexity index is 512. The van der Waals surface area contributed by atoms with E-state index in [4.69, 9.17) is 9.47 Å². The van der Waals surface area contributed by atoms with Crippen LogP contribution in [0, 0.1) is 0 Å². The van der Waals surface area contributed by atoms with Crippen molar-refractivity contribution >= 4 is 5.97 Å². The van der Waals surface area contributed by atoms with Crippen molar-refractivity contribution in [2.24, 2.45) is 0 Å². The smallest absolute Gasteiger partial charge is 0.336 e. The molecule has 1 saturated heterocycles. The molecule has 0 saturated carbocycles. The van der Waals surface area contributed by atoms with Gasteiger partial charge in [-0.3, -0.25) is 0 Å². The fraction of sp³-hybridized carbons (Fsp3) is 0.438. The van der Waals surface area contributed by atoms with Crippen LogP contribution < -0.4 is 0 Å². The predicted molar refractivity (Wildman–Crippen MR) is 75.0 cm³/mol. The number of hydrogen-bond acceptors (Lipinski definition) is 4. The molecule has 0 bridgehead atoms. The summed E-state index contributed by atoms with van der Waals surface area (Å²) in [5.74, 6) is -0.165. The number of benzene rings is 1. The predicted octanol–water partition coefficient (Wildman–Crippen LogP) is 2.28. The molecule has 1 aromatic rings. The van der Waals surface area contributed by atoms with Gasteiger partial charge in [0.1, 0.15) is 6.23 Å². The zero-order valence-corrected chi connectivity index (χ0v) is 11.6. The monoisotopic (exact) mass is 273 g/mol. The third-order valence-corrected chi connectivity index (χ3v) is 3.86. The summed E-state index contributed by atoms with van der Waals surface area (Å²) in [6.07, 6.45) is 2.81. The number of carbonyl (C=O) groups excluding carboxylic acids is 1. The molecule has 4 heteroatoms. The molecule has 2 atom stereocenters. The second-order valence-corrected chi connectivity index (χ2v) is 5.07. The lowest BCUT2D eigenvalue weighted by molar-refractivity contribution is -0.139. The van der Waals surface area contributed by atoms with Crippen LogP contribution in [0.15, 0.2) is 42.1 Å². The highest BCUT2D eigenvalue weighted by Gasteiger charge is 2.36. The first-order valence-corrected chi connectivity index (χ1v) is 7.10. The molecule has 2 heterocycles. The molecule has 2 aliphatic heterocycles. The van der Waals surface area contributed by atoms with Crippen LogP contribution in [-0.2, 0) is 14.3 Å². The van der Waals surface area contributed by atoms with E-state index in [0.717, 1.165) is 30.7 Å². The fourth-order valence-corrected chi connectivity index (χ4v) is 2.89. The van der Waals surface area contributed by atoms with Gasteiger partial charge < -0.3 is 14.4 Å². The van der Waals surface area contributed by atoms with Crippen molar-refractivity contribution in [1.82, 2.24) is 4.90 Å². The van der Waals surface area contributed by atoms with E-state index in [1.807, 2.05) is 31.3 Å². The first-order chi connectivity index (χ1) is 9.79. The molecule has 0 N–H and O–H groups in total. The average Bonchev–Trinajstić information content (AvgIpc) is 2.94. The standard InChI is InChI=1S/C16H19NO3/c1-2-19-16(18)14-11-17-8-9-20-15(17)10-13(14)12-6-4-3-5-7-12/h3-7,11,13,15H,2,8-10H2,1H3. The fourth-order valence-electron chi connectivity index (χ4n) is 2.89. The number of esters is 1. The topological polar surface area (TPSA) is 38.8 Å². The molecule has 1 aromatic carbocycles. The first-order valence-electron chi connectivity index (χ1n) is 7.10. The molecule has 106 valence electrons. The Morgan fingerprint density at radius 1 is 1.40 bits per heavy atom. The third kappa shape index (κ3) is 2.43. The lowest BCUT2D eigenvalue weighted by Gasteiger charge is -2.33. The van der Waals surface area contributed by atoms with Crippen molar-refractivity contribution in [2.45, 2.75) is 25.5 Å². The molecule has 0 spiro atoms. The van der Waals surface area contributed by atoms with E-state index in [-0.39, 0.29) is 18.1 Å². The minimum absolute atomic E-state index is 0.0506. The maximum absolute atomic E-state index is 12.2. The molecular weight excluding hydrogens is 254 g/mol. The van der Waals surface area contributed by atoms with Crippen molar-refractivity contribution in [3.05, 3.63) is 47.7 Å².